The minimum absolute atomic E-state index is 0.392. The molecular formula is C8H5BN6. The van der Waals surface area contributed by atoms with E-state index in [9.17, 15) is 0 Å². The molecule has 0 N–H and O–H groups in total. The molecule has 2 aromatic rings. The molecule has 0 unspecified atom stereocenters. The summed E-state index contributed by atoms with van der Waals surface area (Å²) in [5.41, 5.74) is 1.00. The van der Waals surface area contributed by atoms with Crippen LogP contribution in [-0.2, 0) is 0 Å². The van der Waals surface area contributed by atoms with E-state index in [2.05, 4.69) is 10.2 Å². The van der Waals surface area contributed by atoms with Crippen LogP contribution in [0.15, 0.2) is 24.8 Å². The van der Waals surface area contributed by atoms with E-state index in [1.165, 1.54) is 12.4 Å². The van der Waals surface area contributed by atoms with Crippen molar-refractivity contribution in [2.75, 3.05) is 0 Å². The molecule has 0 atom stereocenters. The fourth-order valence-electron chi connectivity index (χ4n) is 1.15. The highest BCUT2D eigenvalue weighted by atomic mass is 15.3. The average Bonchev–Trinajstić information content (AvgIpc) is 2.87. The first-order valence-corrected chi connectivity index (χ1v) is 4.17. The zero-order chi connectivity index (χ0) is 10.7. The Bertz CT molecular complexity index is 504. The molecule has 0 radical (unpaired) electrons. The molecule has 2 heterocycles. The molecule has 0 bridgehead atoms. The van der Waals surface area contributed by atoms with Crippen LogP contribution in [0.1, 0.15) is 11.1 Å². The van der Waals surface area contributed by atoms with E-state index in [0.29, 0.717) is 18.7 Å². The largest absolute Gasteiger partial charge is 0.401 e. The maximum Gasteiger partial charge on any atom is 0.401 e. The predicted molar refractivity (Wildman–Crippen MR) is 51.8 cm³/mol. The van der Waals surface area contributed by atoms with E-state index in [0.717, 1.165) is 0 Å². The first-order chi connectivity index (χ1) is 7.31. The van der Waals surface area contributed by atoms with Crippen LogP contribution in [0.3, 0.4) is 0 Å². The maximum atomic E-state index is 8.59. The summed E-state index contributed by atoms with van der Waals surface area (Å²) in [7, 11) is 0.392. The van der Waals surface area contributed by atoms with Gasteiger partial charge in [0.15, 0.2) is 0 Å². The van der Waals surface area contributed by atoms with Gasteiger partial charge >= 0.3 is 7.55 Å². The van der Waals surface area contributed by atoms with Gasteiger partial charge in [0.1, 0.15) is 12.1 Å². The molecule has 2 rings (SSSR count). The molecule has 2 aromatic heterocycles. The van der Waals surface area contributed by atoms with E-state index < -0.39 is 0 Å². The Balaban J connectivity index is 2.16. The Labute approximate surface area is 86.3 Å². The molecule has 0 aliphatic carbocycles. The van der Waals surface area contributed by atoms with Gasteiger partial charge in [0.2, 0.25) is 0 Å². The molecule has 7 heteroatoms. The third-order valence-corrected chi connectivity index (χ3v) is 1.81. The smallest absolute Gasteiger partial charge is 0.293 e. The number of nitriles is 2. The van der Waals surface area contributed by atoms with Crippen LogP contribution < -0.4 is 0 Å². The summed E-state index contributed by atoms with van der Waals surface area (Å²) in [6.07, 6.45) is 6.20. The van der Waals surface area contributed by atoms with Crippen LogP contribution in [0, 0.1) is 22.7 Å². The number of nitrogens with zero attached hydrogens (tertiary/aromatic N) is 6. The van der Waals surface area contributed by atoms with Crippen molar-refractivity contribution in [1.29, 1.82) is 10.5 Å². The average molecular weight is 196 g/mol. The van der Waals surface area contributed by atoms with Crippen molar-refractivity contribution >= 4 is 7.55 Å². The fraction of sp³-hybridized carbons (Fsp3) is 0. The van der Waals surface area contributed by atoms with Gasteiger partial charge in [-0.2, -0.15) is 20.7 Å². The van der Waals surface area contributed by atoms with E-state index in [4.69, 9.17) is 10.5 Å². The van der Waals surface area contributed by atoms with Crippen LogP contribution in [-0.4, -0.2) is 26.9 Å². The number of hydrogen-bond donors (Lipinski definition) is 0. The van der Waals surface area contributed by atoms with E-state index in [-0.39, 0.29) is 0 Å². The van der Waals surface area contributed by atoms with Crippen LogP contribution in [0.4, 0.5) is 0 Å². The molecule has 0 fully saturated rings. The van der Waals surface area contributed by atoms with Crippen molar-refractivity contribution in [3.8, 4) is 12.1 Å². The first kappa shape index (κ1) is 9.04. The van der Waals surface area contributed by atoms with Gasteiger partial charge in [-0.25, -0.2) is 0 Å². The number of aromatic nitrogens is 4. The second-order valence-electron chi connectivity index (χ2n) is 2.90. The zero-order valence-electron chi connectivity index (χ0n) is 7.70. The summed E-state index contributed by atoms with van der Waals surface area (Å²) in [6.45, 7) is 0. The first-order valence-electron chi connectivity index (χ1n) is 4.17. The minimum atomic E-state index is 0.392. The molecule has 0 aromatic carbocycles. The quantitative estimate of drug-likeness (QED) is 0.605. The van der Waals surface area contributed by atoms with Crippen LogP contribution >= 0.6 is 0 Å². The Morgan fingerprint density at radius 2 is 1.47 bits per heavy atom. The van der Waals surface area contributed by atoms with Gasteiger partial charge in [0.25, 0.3) is 0 Å². The normalized spacial score (nSPS) is 9.20. The van der Waals surface area contributed by atoms with Gasteiger partial charge in [0.05, 0.1) is 23.5 Å². The third kappa shape index (κ3) is 1.87. The molecule has 0 saturated carbocycles. The minimum Gasteiger partial charge on any atom is -0.293 e. The standard InChI is InChI=1S/C8H5BN6/c10-1-7-3-12-14(5-7)9-15-6-8(2-11)4-13-15/h3-6,9H. The zero-order valence-corrected chi connectivity index (χ0v) is 7.70. The summed E-state index contributed by atoms with van der Waals surface area (Å²) < 4.78 is 3.15. The molecule has 0 spiro atoms. The van der Waals surface area contributed by atoms with Gasteiger partial charge in [-0.15, -0.1) is 0 Å². The highest BCUT2D eigenvalue weighted by Gasteiger charge is 2.03. The van der Waals surface area contributed by atoms with Crippen molar-refractivity contribution < 1.29 is 0 Å². The van der Waals surface area contributed by atoms with Gasteiger partial charge < -0.3 is 0 Å². The van der Waals surface area contributed by atoms with Crippen molar-refractivity contribution in [2.45, 2.75) is 0 Å². The second-order valence-corrected chi connectivity index (χ2v) is 2.90. The van der Waals surface area contributed by atoms with Crippen LogP contribution in [0.5, 0.6) is 0 Å². The lowest BCUT2D eigenvalue weighted by Gasteiger charge is -1.96. The Kier molecular flexibility index (Phi) is 2.22. The highest BCUT2D eigenvalue weighted by Crippen LogP contribution is 1.95. The van der Waals surface area contributed by atoms with E-state index in [1.54, 1.807) is 21.6 Å². The monoisotopic (exact) mass is 196 g/mol. The van der Waals surface area contributed by atoms with Crippen molar-refractivity contribution in [2.24, 2.45) is 0 Å². The Morgan fingerprint density at radius 3 is 1.80 bits per heavy atom. The molecule has 0 amide bonds. The predicted octanol–water partition coefficient (Wildman–Crippen LogP) is -0.514. The summed E-state index contributed by atoms with van der Waals surface area (Å²) in [5, 5.41) is 25.1. The van der Waals surface area contributed by atoms with Crippen molar-refractivity contribution in [3.63, 3.8) is 0 Å². The van der Waals surface area contributed by atoms with Crippen molar-refractivity contribution in [3.05, 3.63) is 35.9 Å². The van der Waals surface area contributed by atoms with Crippen LogP contribution in [0.2, 0.25) is 0 Å². The highest BCUT2D eigenvalue weighted by molar-refractivity contribution is 6.30. The Hall–Kier alpha value is -2.54. The molecule has 15 heavy (non-hydrogen) atoms. The summed E-state index contributed by atoms with van der Waals surface area (Å²) in [5.74, 6) is 0. The van der Waals surface area contributed by atoms with E-state index >= 15 is 0 Å². The summed E-state index contributed by atoms with van der Waals surface area (Å²) in [4.78, 5) is 0. The topological polar surface area (TPSA) is 83.2 Å². The number of hydrogen-bond acceptors (Lipinski definition) is 4. The third-order valence-electron chi connectivity index (χ3n) is 1.81. The molecule has 0 aliphatic rings. The summed E-state index contributed by atoms with van der Waals surface area (Å²) >= 11 is 0. The molecule has 0 aliphatic heterocycles. The van der Waals surface area contributed by atoms with Gasteiger partial charge in [-0.1, -0.05) is 0 Å². The Morgan fingerprint density at radius 1 is 1.00 bits per heavy atom. The fourth-order valence-corrected chi connectivity index (χ4v) is 1.15. The maximum absolute atomic E-state index is 8.59. The lowest BCUT2D eigenvalue weighted by Crippen LogP contribution is -2.17. The lowest BCUT2D eigenvalue weighted by molar-refractivity contribution is 0.884. The van der Waals surface area contributed by atoms with Gasteiger partial charge in [-0.3, -0.25) is 9.19 Å². The molecule has 6 nitrogen and oxygen atoms in total. The van der Waals surface area contributed by atoms with Gasteiger partial charge in [0, 0.05) is 12.4 Å². The van der Waals surface area contributed by atoms with E-state index in [1.807, 2.05) is 12.1 Å². The second kappa shape index (κ2) is 3.68. The molecule has 70 valence electrons. The molecular weight excluding hydrogens is 191 g/mol. The van der Waals surface area contributed by atoms with Crippen LogP contribution in [0.25, 0.3) is 0 Å². The summed E-state index contributed by atoms with van der Waals surface area (Å²) in [6, 6.07) is 3.97. The SMILES string of the molecule is N#Cc1cnn(Bn2cc(C#N)cn2)c1. The van der Waals surface area contributed by atoms with Gasteiger partial charge in [-0.05, 0) is 0 Å². The molecule has 0 saturated heterocycles. The van der Waals surface area contributed by atoms with Crippen molar-refractivity contribution in [1.82, 2.24) is 19.4 Å². The lowest BCUT2D eigenvalue weighted by atomic mass is 10.2. The number of rotatable bonds is 2.